The lowest BCUT2D eigenvalue weighted by atomic mass is 9.88. The molecule has 1 aliphatic carbocycles. The van der Waals surface area contributed by atoms with Gasteiger partial charge in [-0.2, -0.15) is 0 Å². The van der Waals surface area contributed by atoms with Crippen LogP contribution in [0.4, 0.5) is 8.78 Å². The van der Waals surface area contributed by atoms with E-state index in [-0.39, 0.29) is 5.92 Å². The fourth-order valence-corrected chi connectivity index (χ4v) is 3.55. The summed E-state index contributed by atoms with van der Waals surface area (Å²) < 4.78 is 28.8. The second-order valence-corrected chi connectivity index (χ2v) is 6.19. The van der Waals surface area contributed by atoms with Gasteiger partial charge >= 0.3 is 5.97 Å². The van der Waals surface area contributed by atoms with Gasteiger partial charge in [0.1, 0.15) is 11.9 Å². The van der Waals surface area contributed by atoms with Crippen molar-refractivity contribution in [1.82, 2.24) is 9.55 Å². The zero-order valence-electron chi connectivity index (χ0n) is 13.1. The minimum absolute atomic E-state index is 0.149. The number of benzene rings is 1. The number of fused-ring (bicyclic) bond motifs is 1. The molecule has 0 bridgehead atoms. The van der Waals surface area contributed by atoms with Gasteiger partial charge in [-0.1, -0.05) is 26.2 Å². The lowest BCUT2D eigenvalue weighted by molar-refractivity contribution is -0.141. The molecule has 3 rings (SSSR count). The van der Waals surface area contributed by atoms with E-state index in [9.17, 15) is 18.7 Å². The number of hydrogen-bond acceptors (Lipinski definition) is 2. The van der Waals surface area contributed by atoms with E-state index in [4.69, 9.17) is 0 Å². The largest absolute Gasteiger partial charge is 0.480 e. The Morgan fingerprint density at radius 2 is 1.96 bits per heavy atom. The van der Waals surface area contributed by atoms with Gasteiger partial charge in [0.2, 0.25) is 0 Å². The Kier molecular flexibility index (Phi) is 4.33. The standard InChI is InChI=1S/C17H20F2N2O2/c1-2-14(17(22)23)21-15-9-12(19)11(18)8-13(15)20-16(21)10-6-4-3-5-7-10/h8-10,14H,2-7H2,1H3,(H,22,23). The lowest BCUT2D eigenvalue weighted by Gasteiger charge is -2.24. The molecule has 1 saturated carbocycles. The van der Waals surface area contributed by atoms with Gasteiger partial charge in [-0.05, 0) is 19.3 Å². The number of hydrogen-bond donors (Lipinski definition) is 1. The maximum absolute atomic E-state index is 13.7. The van der Waals surface area contributed by atoms with E-state index < -0.39 is 23.6 Å². The maximum atomic E-state index is 13.7. The Labute approximate surface area is 133 Å². The van der Waals surface area contributed by atoms with Crippen molar-refractivity contribution in [2.45, 2.75) is 57.4 Å². The molecule has 0 aliphatic heterocycles. The van der Waals surface area contributed by atoms with Crippen LogP contribution in [-0.2, 0) is 4.79 Å². The molecule has 6 heteroatoms. The summed E-state index contributed by atoms with van der Waals surface area (Å²) in [6, 6.07) is 1.30. The molecule has 1 aliphatic rings. The van der Waals surface area contributed by atoms with E-state index in [1.807, 2.05) is 0 Å². The van der Waals surface area contributed by atoms with Crippen molar-refractivity contribution in [3.63, 3.8) is 0 Å². The molecular weight excluding hydrogens is 302 g/mol. The number of aromatic nitrogens is 2. The summed E-state index contributed by atoms with van der Waals surface area (Å²) in [5, 5.41) is 9.53. The highest BCUT2D eigenvalue weighted by Gasteiger charge is 2.29. The molecule has 1 atom stereocenters. The number of carboxylic acids is 1. The van der Waals surface area contributed by atoms with Crippen molar-refractivity contribution in [3.8, 4) is 0 Å². The Balaban J connectivity index is 2.22. The van der Waals surface area contributed by atoms with Crippen LogP contribution in [0.5, 0.6) is 0 Å². The van der Waals surface area contributed by atoms with Crippen LogP contribution in [0.25, 0.3) is 11.0 Å². The molecule has 124 valence electrons. The number of nitrogens with zero attached hydrogens (tertiary/aromatic N) is 2. The van der Waals surface area contributed by atoms with Crippen LogP contribution in [0.1, 0.15) is 63.2 Å². The fourth-order valence-electron chi connectivity index (χ4n) is 3.55. The number of carboxylic acid groups (broad SMARTS) is 1. The van der Waals surface area contributed by atoms with Crippen LogP contribution in [-0.4, -0.2) is 20.6 Å². The molecule has 4 nitrogen and oxygen atoms in total. The minimum Gasteiger partial charge on any atom is -0.480 e. The number of rotatable bonds is 4. The summed E-state index contributed by atoms with van der Waals surface area (Å²) >= 11 is 0. The number of carbonyl (C=O) groups is 1. The van der Waals surface area contributed by atoms with Crippen LogP contribution >= 0.6 is 0 Å². The van der Waals surface area contributed by atoms with Crippen LogP contribution < -0.4 is 0 Å². The summed E-state index contributed by atoms with van der Waals surface area (Å²) in [5.74, 6) is -2.11. The van der Waals surface area contributed by atoms with Crippen molar-refractivity contribution >= 4 is 17.0 Å². The van der Waals surface area contributed by atoms with Crippen molar-refractivity contribution in [1.29, 1.82) is 0 Å². The van der Waals surface area contributed by atoms with Crippen LogP contribution in [0.3, 0.4) is 0 Å². The van der Waals surface area contributed by atoms with Crippen molar-refractivity contribution in [2.75, 3.05) is 0 Å². The predicted molar refractivity (Wildman–Crippen MR) is 82.4 cm³/mol. The molecule has 0 spiro atoms. The maximum Gasteiger partial charge on any atom is 0.326 e. The van der Waals surface area contributed by atoms with Gasteiger partial charge < -0.3 is 9.67 Å². The molecule has 1 N–H and O–H groups in total. The summed E-state index contributed by atoms with van der Waals surface area (Å²) in [6.45, 7) is 1.77. The van der Waals surface area contributed by atoms with Crippen LogP contribution in [0.15, 0.2) is 12.1 Å². The SMILES string of the molecule is CCC(C(=O)O)n1c(C2CCCCC2)nc2cc(F)c(F)cc21. The number of aliphatic carboxylic acids is 1. The van der Waals surface area contributed by atoms with Crippen molar-refractivity contribution in [2.24, 2.45) is 0 Å². The zero-order valence-corrected chi connectivity index (χ0v) is 13.1. The van der Waals surface area contributed by atoms with Gasteiger partial charge in [0.15, 0.2) is 11.6 Å². The predicted octanol–water partition coefficient (Wildman–Crippen LogP) is 4.40. The van der Waals surface area contributed by atoms with Gasteiger partial charge in [-0.15, -0.1) is 0 Å². The van der Waals surface area contributed by atoms with Gasteiger partial charge in [-0.3, -0.25) is 0 Å². The monoisotopic (exact) mass is 322 g/mol. The average molecular weight is 322 g/mol. The summed E-state index contributed by atoms with van der Waals surface area (Å²) in [6.07, 6.45) is 5.53. The summed E-state index contributed by atoms with van der Waals surface area (Å²) in [4.78, 5) is 16.1. The Bertz CT molecular complexity index is 736. The zero-order chi connectivity index (χ0) is 16.6. The third-order valence-electron chi connectivity index (χ3n) is 4.71. The number of imidazole rings is 1. The first kappa shape index (κ1) is 15.9. The van der Waals surface area contributed by atoms with Crippen LogP contribution in [0, 0.1) is 11.6 Å². The summed E-state index contributed by atoms with van der Waals surface area (Å²) in [5.41, 5.74) is 0.683. The fraction of sp³-hybridized carbons (Fsp3) is 0.529. The first-order chi connectivity index (χ1) is 11.0. The molecule has 2 aromatic rings. The average Bonchev–Trinajstić information content (AvgIpc) is 2.88. The van der Waals surface area contributed by atoms with E-state index in [1.54, 1.807) is 11.5 Å². The van der Waals surface area contributed by atoms with E-state index in [2.05, 4.69) is 4.98 Å². The van der Waals surface area contributed by atoms with Crippen molar-refractivity contribution < 1.29 is 18.7 Å². The second-order valence-electron chi connectivity index (χ2n) is 6.19. The normalized spacial score (nSPS) is 17.5. The topological polar surface area (TPSA) is 55.1 Å². The smallest absolute Gasteiger partial charge is 0.326 e. The molecule has 1 heterocycles. The molecule has 23 heavy (non-hydrogen) atoms. The summed E-state index contributed by atoms with van der Waals surface area (Å²) in [7, 11) is 0. The van der Waals surface area contributed by atoms with Crippen molar-refractivity contribution in [3.05, 3.63) is 29.6 Å². The van der Waals surface area contributed by atoms with E-state index in [1.165, 1.54) is 0 Å². The first-order valence-corrected chi connectivity index (χ1v) is 8.12. The Morgan fingerprint density at radius 3 is 2.57 bits per heavy atom. The molecule has 0 radical (unpaired) electrons. The Morgan fingerprint density at radius 1 is 1.30 bits per heavy atom. The molecule has 1 fully saturated rings. The minimum atomic E-state index is -0.978. The second kappa shape index (κ2) is 6.26. The molecule has 0 saturated heterocycles. The third kappa shape index (κ3) is 2.82. The number of halogens is 2. The molecule has 1 aromatic heterocycles. The third-order valence-corrected chi connectivity index (χ3v) is 4.71. The molecule has 1 aromatic carbocycles. The molecule has 0 amide bonds. The lowest BCUT2D eigenvalue weighted by Crippen LogP contribution is -2.22. The van der Waals surface area contributed by atoms with E-state index in [0.29, 0.717) is 23.3 Å². The Hall–Kier alpha value is -1.98. The highest BCUT2D eigenvalue weighted by molar-refractivity contribution is 5.80. The van der Waals surface area contributed by atoms with Gasteiger partial charge in [0.25, 0.3) is 0 Å². The highest BCUT2D eigenvalue weighted by atomic mass is 19.2. The molecule has 1 unspecified atom stereocenters. The van der Waals surface area contributed by atoms with Gasteiger partial charge in [0, 0.05) is 18.1 Å². The molecular formula is C17H20F2N2O2. The van der Waals surface area contributed by atoms with E-state index in [0.717, 1.165) is 44.2 Å². The first-order valence-electron chi connectivity index (χ1n) is 8.12. The quantitative estimate of drug-likeness (QED) is 0.908. The highest BCUT2D eigenvalue weighted by Crippen LogP contribution is 2.36. The van der Waals surface area contributed by atoms with E-state index >= 15 is 0 Å². The van der Waals surface area contributed by atoms with Gasteiger partial charge in [0.05, 0.1) is 11.0 Å². The van der Waals surface area contributed by atoms with Gasteiger partial charge in [-0.25, -0.2) is 18.6 Å². The van der Waals surface area contributed by atoms with Crippen LogP contribution in [0.2, 0.25) is 0 Å².